The Hall–Kier alpha value is -1.60. The van der Waals surface area contributed by atoms with E-state index in [9.17, 15) is 4.79 Å². The Bertz CT molecular complexity index is 369. The number of hydrogen-bond acceptors (Lipinski definition) is 4. The molecule has 2 N–H and O–H groups in total. The number of nitrogens with zero attached hydrogens (tertiary/aromatic N) is 2. The zero-order chi connectivity index (χ0) is 9.14. The SMILES string of the molecule is N#Cc1cc(C(=O)Cl)ncc1N. The van der Waals surface area contributed by atoms with Crippen molar-refractivity contribution in [2.75, 3.05) is 5.73 Å². The number of carbonyl (C=O) groups is 1. The molecule has 0 amide bonds. The summed E-state index contributed by atoms with van der Waals surface area (Å²) >= 11 is 5.13. The van der Waals surface area contributed by atoms with Crippen molar-refractivity contribution < 1.29 is 4.79 Å². The molecule has 0 radical (unpaired) electrons. The van der Waals surface area contributed by atoms with Crippen LogP contribution in [-0.4, -0.2) is 10.2 Å². The first kappa shape index (κ1) is 8.50. The number of rotatable bonds is 1. The maximum absolute atomic E-state index is 10.6. The number of nitriles is 1. The standard InChI is InChI=1S/C7H4ClN3O/c8-7(12)6-1-4(2-9)5(10)3-11-6/h1,3H,10H2. The molecule has 0 aliphatic rings. The third-order valence-electron chi connectivity index (χ3n) is 1.26. The second-order valence-corrected chi connectivity index (χ2v) is 2.39. The smallest absolute Gasteiger partial charge is 0.270 e. The molecule has 0 bridgehead atoms. The number of anilines is 1. The topological polar surface area (TPSA) is 79.8 Å². The third-order valence-corrected chi connectivity index (χ3v) is 1.45. The van der Waals surface area contributed by atoms with Gasteiger partial charge >= 0.3 is 0 Å². The minimum atomic E-state index is -0.702. The minimum absolute atomic E-state index is 0.0300. The summed E-state index contributed by atoms with van der Waals surface area (Å²) in [7, 11) is 0. The summed E-state index contributed by atoms with van der Waals surface area (Å²) < 4.78 is 0. The van der Waals surface area contributed by atoms with Crippen LogP contribution in [0.2, 0.25) is 0 Å². The molecule has 0 aromatic carbocycles. The van der Waals surface area contributed by atoms with Crippen LogP contribution in [-0.2, 0) is 0 Å². The quantitative estimate of drug-likeness (QED) is 0.654. The molecule has 4 nitrogen and oxygen atoms in total. The molecule has 0 saturated heterocycles. The second kappa shape index (κ2) is 3.20. The van der Waals surface area contributed by atoms with Gasteiger partial charge in [0, 0.05) is 0 Å². The molecular weight excluding hydrogens is 178 g/mol. The highest BCUT2D eigenvalue weighted by Gasteiger charge is 2.06. The third kappa shape index (κ3) is 1.52. The van der Waals surface area contributed by atoms with E-state index < -0.39 is 5.24 Å². The van der Waals surface area contributed by atoms with Gasteiger partial charge in [-0.3, -0.25) is 4.79 Å². The maximum atomic E-state index is 10.6. The lowest BCUT2D eigenvalue weighted by Crippen LogP contribution is -1.98. The van der Waals surface area contributed by atoms with Crippen LogP contribution < -0.4 is 5.73 Å². The van der Waals surface area contributed by atoms with E-state index in [0.717, 1.165) is 0 Å². The number of pyridine rings is 1. The average molecular weight is 182 g/mol. The van der Waals surface area contributed by atoms with Crippen molar-refractivity contribution >= 4 is 22.5 Å². The van der Waals surface area contributed by atoms with Gasteiger partial charge in [-0.15, -0.1) is 0 Å². The summed E-state index contributed by atoms with van der Waals surface area (Å²) in [6, 6.07) is 3.07. The Kier molecular flexibility index (Phi) is 2.26. The minimum Gasteiger partial charge on any atom is -0.396 e. The van der Waals surface area contributed by atoms with E-state index >= 15 is 0 Å². The monoisotopic (exact) mass is 181 g/mol. The van der Waals surface area contributed by atoms with Crippen molar-refractivity contribution in [3.8, 4) is 6.07 Å². The summed E-state index contributed by atoms with van der Waals surface area (Å²) in [5.41, 5.74) is 5.83. The normalized spacial score (nSPS) is 9.00. The van der Waals surface area contributed by atoms with Gasteiger partial charge in [0.1, 0.15) is 11.8 Å². The van der Waals surface area contributed by atoms with Gasteiger partial charge in [0.2, 0.25) is 0 Å². The van der Waals surface area contributed by atoms with E-state index in [2.05, 4.69) is 4.98 Å². The predicted octanol–water partition coefficient (Wildman–Crippen LogP) is 0.914. The summed E-state index contributed by atoms with van der Waals surface area (Å²) in [5.74, 6) is 0. The van der Waals surface area contributed by atoms with Crippen molar-refractivity contribution in [3.63, 3.8) is 0 Å². The van der Waals surface area contributed by atoms with Crippen LogP contribution in [0.25, 0.3) is 0 Å². The van der Waals surface area contributed by atoms with Gasteiger partial charge in [0.25, 0.3) is 5.24 Å². The van der Waals surface area contributed by atoms with E-state index in [1.807, 2.05) is 6.07 Å². The highest BCUT2D eigenvalue weighted by molar-refractivity contribution is 6.67. The Morgan fingerprint density at radius 2 is 2.42 bits per heavy atom. The zero-order valence-corrected chi connectivity index (χ0v) is 6.67. The van der Waals surface area contributed by atoms with Crippen molar-refractivity contribution in [2.24, 2.45) is 0 Å². The zero-order valence-electron chi connectivity index (χ0n) is 5.91. The second-order valence-electron chi connectivity index (χ2n) is 2.04. The van der Waals surface area contributed by atoms with Crippen LogP contribution in [0.5, 0.6) is 0 Å². The summed E-state index contributed by atoms with van der Waals surface area (Å²) in [6.07, 6.45) is 1.23. The number of halogens is 1. The van der Waals surface area contributed by atoms with Gasteiger partial charge in [0.15, 0.2) is 0 Å². The van der Waals surface area contributed by atoms with Crippen molar-refractivity contribution in [3.05, 3.63) is 23.5 Å². The molecule has 0 spiro atoms. The van der Waals surface area contributed by atoms with Crippen molar-refractivity contribution in [2.45, 2.75) is 0 Å². The Balaban J connectivity index is 3.25. The highest BCUT2D eigenvalue weighted by Crippen LogP contribution is 2.11. The van der Waals surface area contributed by atoms with Crippen LogP contribution in [0.3, 0.4) is 0 Å². The molecule has 0 fully saturated rings. The Labute approximate surface area is 73.6 Å². The fourth-order valence-electron chi connectivity index (χ4n) is 0.670. The summed E-state index contributed by atoms with van der Waals surface area (Å²) in [4.78, 5) is 14.2. The van der Waals surface area contributed by atoms with E-state index in [0.29, 0.717) is 0 Å². The van der Waals surface area contributed by atoms with Crippen LogP contribution in [0.4, 0.5) is 5.69 Å². The van der Waals surface area contributed by atoms with Crippen molar-refractivity contribution in [1.82, 2.24) is 4.98 Å². The number of nitrogen functional groups attached to an aromatic ring is 1. The van der Waals surface area contributed by atoms with Gasteiger partial charge in [-0.25, -0.2) is 4.98 Å². The van der Waals surface area contributed by atoms with Gasteiger partial charge in [-0.05, 0) is 17.7 Å². The molecule has 0 atom stereocenters. The first-order valence-electron chi connectivity index (χ1n) is 3.00. The summed E-state index contributed by atoms with van der Waals surface area (Å²) in [6.45, 7) is 0. The molecular formula is C7H4ClN3O. The molecule has 60 valence electrons. The van der Waals surface area contributed by atoms with E-state index in [4.69, 9.17) is 22.6 Å². The predicted molar refractivity (Wildman–Crippen MR) is 43.5 cm³/mol. The van der Waals surface area contributed by atoms with Gasteiger partial charge in [-0.2, -0.15) is 5.26 Å². The van der Waals surface area contributed by atoms with E-state index in [1.54, 1.807) is 0 Å². The number of carbonyl (C=O) groups excluding carboxylic acids is 1. The Morgan fingerprint density at radius 1 is 1.75 bits per heavy atom. The molecule has 0 aliphatic heterocycles. The van der Waals surface area contributed by atoms with E-state index in [1.165, 1.54) is 12.3 Å². The number of hydrogen-bond donors (Lipinski definition) is 1. The molecule has 12 heavy (non-hydrogen) atoms. The van der Waals surface area contributed by atoms with Crippen LogP contribution in [0.15, 0.2) is 12.3 Å². The van der Waals surface area contributed by atoms with Crippen molar-refractivity contribution in [1.29, 1.82) is 5.26 Å². The fourth-order valence-corrected chi connectivity index (χ4v) is 0.774. The first-order chi connectivity index (χ1) is 5.65. The van der Waals surface area contributed by atoms with Crippen LogP contribution in [0, 0.1) is 11.3 Å². The maximum Gasteiger partial charge on any atom is 0.270 e. The van der Waals surface area contributed by atoms with Gasteiger partial charge in [0.05, 0.1) is 17.4 Å². The molecule has 1 rings (SSSR count). The van der Waals surface area contributed by atoms with Crippen LogP contribution in [0.1, 0.15) is 16.1 Å². The molecule has 0 unspecified atom stereocenters. The molecule has 0 saturated carbocycles. The van der Waals surface area contributed by atoms with Gasteiger partial charge in [-0.1, -0.05) is 0 Å². The Morgan fingerprint density at radius 3 is 2.92 bits per heavy atom. The van der Waals surface area contributed by atoms with E-state index in [-0.39, 0.29) is 16.9 Å². The van der Waals surface area contributed by atoms with Gasteiger partial charge < -0.3 is 5.73 Å². The lowest BCUT2D eigenvalue weighted by molar-refractivity contribution is 0.107. The lowest BCUT2D eigenvalue weighted by atomic mass is 10.2. The highest BCUT2D eigenvalue weighted by atomic mass is 35.5. The fraction of sp³-hybridized carbons (Fsp3) is 0. The number of aromatic nitrogens is 1. The first-order valence-corrected chi connectivity index (χ1v) is 3.38. The molecule has 1 heterocycles. The summed E-state index contributed by atoms with van der Waals surface area (Å²) in [5, 5.41) is 7.81. The lowest BCUT2D eigenvalue weighted by Gasteiger charge is -1.96. The molecule has 0 aliphatic carbocycles. The molecule has 1 aromatic heterocycles. The average Bonchev–Trinajstić information content (AvgIpc) is 2.05. The molecule has 1 aromatic rings. The largest absolute Gasteiger partial charge is 0.396 e. The number of nitrogens with two attached hydrogens (primary N) is 1. The molecule has 5 heteroatoms. The van der Waals surface area contributed by atoms with Crippen LogP contribution >= 0.6 is 11.6 Å².